The van der Waals surface area contributed by atoms with Crippen LogP contribution in [0.3, 0.4) is 0 Å². The molecule has 2 aromatic rings. The largest absolute Gasteiger partial charge is 0.508 e. The standard InChI is InChI=1S/C18H20N4O4/c1-13-3-4-14(11-15(13)23)17(25)26-12-16(24)21-7-9-22(10-8-21)18-19-5-2-6-20-18/h2-6,11,23H,7-10,12H2,1H3. The lowest BCUT2D eigenvalue weighted by Gasteiger charge is -2.34. The van der Waals surface area contributed by atoms with Crippen molar-refractivity contribution in [2.24, 2.45) is 0 Å². The van der Waals surface area contributed by atoms with Crippen molar-refractivity contribution in [3.05, 3.63) is 47.8 Å². The van der Waals surface area contributed by atoms with Gasteiger partial charge >= 0.3 is 5.97 Å². The van der Waals surface area contributed by atoms with Crippen molar-refractivity contribution in [1.29, 1.82) is 0 Å². The summed E-state index contributed by atoms with van der Waals surface area (Å²) in [5.41, 5.74) is 0.879. The van der Waals surface area contributed by atoms with Gasteiger partial charge in [0.25, 0.3) is 5.91 Å². The van der Waals surface area contributed by atoms with E-state index in [1.54, 1.807) is 42.4 Å². The van der Waals surface area contributed by atoms with Gasteiger partial charge in [-0.05, 0) is 30.7 Å². The molecule has 1 aliphatic heterocycles. The zero-order chi connectivity index (χ0) is 18.5. The van der Waals surface area contributed by atoms with Crippen molar-refractivity contribution in [3.63, 3.8) is 0 Å². The highest BCUT2D eigenvalue weighted by Crippen LogP contribution is 2.18. The summed E-state index contributed by atoms with van der Waals surface area (Å²) in [5.74, 6) is -0.219. The number of anilines is 1. The Morgan fingerprint density at radius 1 is 1.15 bits per heavy atom. The van der Waals surface area contributed by atoms with Gasteiger partial charge in [-0.2, -0.15) is 0 Å². The van der Waals surface area contributed by atoms with E-state index in [1.165, 1.54) is 6.07 Å². The molecule has 1 saturated heterocycles. The molecule has 1 aliphatic rings. The van der Waals surface area contributed by atoms with Crippen LogP contribution in [0.25, 0.3) is 0 Å². The number of aryl methyl sites for hydroxylation is 1. The second-order valence-electron chi connectivity index (χ2n) is 5.99. The highest BCUT2D eigenvalue weighted by atomic mass is 16.5. The number of hydrogen-bond acceptors (Lipinski definition) is 7. The number of ether oxygens (including phenoxy) is 1. The van der Waals surface area contributed by atoms with E-state index in [0.717, 1.165) is 0 Å². The van der Waals surface area contributed by atoms with E-state index in [0.29, 0.717) is 37.7 Å². The fraction of sp³-hybridized carbons (Fsp3) is 0.333. The fourth-order valence-electron chi connectivity index (χ4n) is 2.65. The van der Waals surface area contributed by atoms with E-state index in [2.05, 4.69) is 9.97 Å². The topological polar surface area (TPSA) is 95.9 Å². The van der Waals surface area contributed by atoms with Crippen LogP contribution in [0.4, 0.5) is 5.95 Å². The van der Waals surface area contributed by atoms with Gasteiger partial charge in [0.05, 0.1) is 5.56 Å². The van der Waals surface area contributed by atoms with Gasteiger partial charge in [0.2, 0.25) is 5.95 Å². The van der Waals surface area contributed by atoms with Crippen molar-refractivity contribution in [1.82, 2.24) is 14.9 Å². The number of aromatic hydroxyl groups is 1. The van der Waals surface area contributed by atoms with Gasteiger partial charge in [-0.3, -0.25) is 4.79 Å². The second-order valence-corrected chi connectivity index (χ2v) is 5.99. The molecule has 2 heterocycles. The van der Waals surface area contributed by atoms with E-state index >= 15 is 0 Å². The van der Waals surface area contributed by atoms with Crippen LogP contribution in [0.2, 0.25) is 0 Å². The predicted molar refractivity (Wildman–Crippen MR) is 94.0 cm³/mol. The minimum atomic E-state index is -0.634. The summed E-state index contributed by atoms with van der Waals surface area (Å²) in [4.78, 5) is 36.3. The van der Waals surface area contributed by atoms with E-state index in [9.17, 15) is 14.7 Å². The molecule has 1 amide bonds. The molecule has 0 radical (unpaired) electrons. The number of carbonyl (C=O) groups is 2. The lowest BCUT2D eigenvalue weighted by molar-refractivity contribution is -0.134. The normalized spacial score (nSPS) is 14.2. The number of benzene rings is 1. The van der Waals surface area contributed by atoms with Crippen LogP contribution in [0.5, 0.6) is 5.75 Å². The van der Waals surface area contributed by atoms with Crippen molar-refractivity contribution >= 4 is 17.8 Å². The van der Waals surface area contributed by atoms with Crippen LogP contribution in [0.1, 0.15) is 15.9 Å². The third-order valence-electron chi connectivity index (χ3n) is 4.24. The van der Waals surface area contributed by atoms with Crippen LogP contribution >= 0.6 is 0 Å². The SMILES string of the molecule is Cc1ccc(C(=O)OCC(=O)N2CCN(c3ncccn3)CC2)cc1O. The average molecular weight is 356 g/mol. The van der Waals surface area contributed by atoms with Crippen LogP contribution in [0.15, 0.2) is 36.7 Å². The number of phenols is 1. The average Bonchev–Trinajstić information content (AvgIpc) is 2.68. The molecule has 136 valence electrons. The maximum atomic E-state index is 12.2. The summed E-state index contributed by atoms with van der Waals surface area (Å²) < 4.78 is 5.07. The quantitative estimate of drug-likeness (QED) is 0.816. The van der Waals surface area contributed by atoms with Gasteiger partial charge in [0.1, 0.15) is 5.75 Å². The minimum absolute atomic E-state index is 0.0185. The summed E-state index contributed by atoms with van der Waals surface area (Å²) in [6.07, 6.45) is 3.37. The molecular formula is C18H20N4O4. The van der Waals surface area contributed by atoms with Gasteiger partial charge in [-0.15, -0.1) is 0 Å². The molecule has 1 N–H and O–H groups in total. The number of aromatic nitrogens is 2. The third-order valence-corrected chi connectivity index (χ3v) is 4.24. The van der Waals surface area contributed by atoms with E-state index in [4.69, 9.17) is 4.74 Å². The molecule has 0 atom stereocenters. The van der Waals surface area contributed by atoms with Gasteiger partial charge in [0, 0.05) is 38.6 Å². The zero-order valence-electron chi connectivity index (χ0n) is 14.5. The highest BCUT2D eigenvalue weighted by Gasteiger charge is 2.23. The number of piperazine rings is 1. The summed E-state index contributed by atoms with van der Waals surface area (Å²) in [7, 11) is 0. The molecule has 8 heteroatoms. The third kappa shape index (κ3) is 4.08. The predicted octanol–water partition coefficient (Wildman–Crippen LogP) is 0.996. The molecule has 1 fully saturated rings. The first-order valence-electron chi connectivity index (χ1n) is 8.31. The Kier molecular flexibility index (Phi) is 5.31. The van der Waals surface area contributed by atoms with Crippen molar-refractivity contribution in [2.75, 3.05) is 37.7 Å². The maximum absolute atomic E-state index is 12.2. The molecular weight excluding hydrogens is 336 g/mol. The molecule has 1 aromatic heterocycles. The van der Waals surface area contributed by atoms with E-state index < -0.39 is 5.97 Å². The molecule has 0 spiro atoms. The monoisotopic (exact) mass is 356 g/mol. The number of amides is 1. The second kappa shape index (κ2) is 7.81. The van der Waals surface area contributed by atoms with Crippen LogP contribution < -0.4 is 4.90 Å². The Hall–Kier alpha value is -3.16. The van der Waals surface area contributed by atoms with Crippen LogP contribution in [0, 0.1) is 6.92 Å². The van der Waals surface area contributed by atoms with E-state index in [1.807, 2.05) is 4.90 Å². The first kappa shape index (κ1) is 17.7. The molecule has 8 nitrogen and oxygen atoms in total. The van der Waals surface area contributed by atoms with Gasteiger partial charge in [-0.25, -0.2) is 14.8 Å². The highest BCUT2D eigenvalue weighted by molar-refractivity contribution is 5.91. The molecule has 0 saturated carbocycles. The Bertz CT molecular complexity index is 789. The number of rotatable bonds is 4. The summed E-state index contributed by atoms with van der Waals surface area (Å²) >= 11 is 0. The Morgan fingerprint density at radius 3 is 2.50 bits per heavy atom. The van der Waals surface area contributed by atoms with Crippen molar-refractivity contribution in [3.8, 4) is 5.75 Å². The number of nitrogens with zero attached hydrogens (tertiary/aromatic N) is 4. The smallest absolute Gasteiger partial charge is 0.338 e. The Balaban J connectivity index is 1.48. The fourth-order valence-corrected chi connectivity index (χ4v) is 2.65. The summed E-state index contributed by atoms with van der Waals surface area (Å²) in [6, 6.07) is 6.27. The molecule has 0 bridgehead atoms. The zero-order valence-corrected chi connectivity index (χ0v) is 14.5. The molecule has 0 unspecified atom stereocenters. The Morgan fingerprint density at radius 2 is 1.85 bits per heavy atom. The number of esters is 1. The summed E-state index contributed by atoms with van der Waals surface area (Å²) in [6.45, 7) is 3.67. The first-order valence-corrected chi connectivity index (χ1v) is 8.31. The van der Waals surface area contributed by atoms with Crippen molar-refractivity contribution < 1.29 is 19.4 Å². The van der Waals surface area contributed by atoms with Crippen LogP contribution in [-0.4, -0.2) is 64.6 Å². The lowest BCUT2D eigenvalue weighted by Crippen LogP contribution is -2.50. The molecule has 26 heavy (non-hydrogen) atoms. The van der Waals surface area contributed by atoms with Crippen molar-refractivity contribution in [2.45, 2.75) is 6.92 Å². The minimum Gasteiger partial charge on any atom is -0.508 e. The van der Waals surface area contributed by atoms with Gasteiger partial charge in [-0.1, -0.05) is 6.07 Å². The van der Waals surface area contributed by atoms with Gasteiger partial charge < -0.3 is 19.6 Å². The maximum Gasteiger partial charge on any atom is 0.338 e. The number of carbonyl (C=O) groups excluding carboxylic acids is 2. The number of hydrogen-bond donors (Lipinski definition) is 1. The summed E-state index contributed by atoms with van der Waals surface area (Å²) in [5, 5.41) is 9.65. The van der Waals surface area contributed by atoms with Crippen LogP contribution in [-0.2, 0) is 9.53 Å². The number of phenolic OH excluding ortho intramolecular Hbond substituents is 1. The molecule has 0 aliphatic carbocycles. The lowest BCUT2D eigenvalue weighted by atomic mass is 10.1. The first-order chi connectivity index (χ1) is 12.5. The molecule has 1 aromatic carbocycles. The molecule has 3 rings (SSSR count). The van der Waals surface area contributed by atoms with Gasteiger partial charge in [0.15, 0.2) is 6.61 Å². The Labute approximate surface area is 151 Å². The van der Waals surface area contributed by atoms with E-state index in [-0.39, 0.29) is 23.8 Å².